The van der Waals surface area contributed by atoms with E-state index in [4.69, 9.17) is 0 Å². The molecule has 10 heteroatoms. The van der Waals surface area contributed by atoms with Gasteiger partial charge in [0.25, 0.3) is 0 Å². The lowest BCUT2D eigenvalue weighted by molar-refractivity contribution is 0.273. The highest BCUT2D eigenvalue weighted by Gasteiger charge is 2.29. The number of nitrogens with one attached hydrogen (secondary N) is 2. The zero-order valence-electron chi connectivity index (χ0n) is 17.2. The highest BCUT2D eigenvalue weighted by molar-refractivity contribution is 14.0. The van der Waals surface area contributed by atoms with Crippen LogP contribution in [0, 0.1) is 17.6 Å². The maximum absolute atomic E-state index is 13.7. The van der Waals surface area contributed by atoms with Gasteiger partial charge in [-0.1, -0.05) is 18.2 Å². The first-order chi connectivity index (χ1) is 14.4. The van der Waals surface area contributed by atoms with E-state index in [1.54, 1.807) is 37.4 Å². The fourth-order valence-corrected chi connectivity index (χ4v) is 4.91. The van der Waals surface area contributed by atoms with Crippen LogP contribution in [-0.4, -0.2) is 45.4 Å². The Balaban J connectivity index is 0.00000341. The van der Waals surface area contributed by atoms with Crippen LogP contribution < -0.4 is 10.6 Å². The van der Waals surface area contributed by atoms with E-state index in [9.17, 15) is 17.2 Å². The molecule has 1 aliphatic heterocycles. The van der Waals surface area contributed by atoms with Gasteiger partial charge in [0.05, 0.1) is 4.90 Å². The van der Waals surface area contributed by atoms with E-state index >= 15 is 0 Å². The molecule has 0 bridgehead atoms. The summed E-state index contributed by atoms with van der Waals surface area (Å²) in [5.41, 5.74) is 0.220. The van der Waals surface area contributed by atoms with Gasteiger partial charge in [0, 0.05) is 38.8 Å². The number of rotatable bonds is 6. The van der Waals surface area contributed by atoms with Gasteiger partial charge in [-0.05, 0) is 49.1 Å². The first kappa shape index (κ1) is 25.5. The first-order valence-electron chi connectivity index (χ1n) is 9.84. The Morgan fingerprint density at radius 1 is 1.10 bits per heavy atom. The minimum atomic E-state index is -3.46. The van der Waals surface area contributed by atoms with Crippen LogP contribution in [0.2, 0.25) is 0 Å². The van der Waals surface area contributed by atoms with Crippen molar-refractivity contribution in [2.45, 2.75) is 24.3 Å². The molecule has 170 valence electrons. The van der Waals surface area contributed by atoms with Crippen molar-refractivity contribution in [3.05, 3.63) is 65.7 Å². The summed E-state index contributed by atoms with van der Waals surface area (Å²) in [4.78, 5) is 4.42. The van der Waals surface area contributed by atoms with Gasteiger partial charge in [-0.2, -0.15) is 4.31 Å². The SMILES string of the molecule is CN=C(NCc1cc(F)ccc1F)NCC1CCN(S(=O)(=O)c2ccccc2)CC1.I. The molecule has 0 atom stereocenters. The van der Waals surface area contributed by atoms with E-state index < -0.39 is 21.7 Å². The van der Waals surface area contributed by atoms with E-state index in [1.165, 1.54) is 4.31 Å². The van der Waals surface area contributed by atoms with Gasteiger partial charge in [0.2, 0.25) is 10.0 Å². The Bertz CT molecular complexity index is 982. The molecule has 1 aliphatic rings. The predicted molar refractivity (Wildman–Crippen MR) is 128 cm³/mol. The largest absolute Gasteiger partial charge is 0.356 e. The number of guanidine groups is 1. The summed E-state index contributed by atoms with van der Waals surface area (Å²) in [5.74, 6) is -0.200. The molecule has 0 amide bonds. The molecule has 1 saturated heterocycles. The third-order valence-corrected chi connectivity index (χ3v) is 7.10. The molecule has 3 rings (SSSR count). The number of piperidine rings is 1. The Morgan fingerprint density at radius 2 is 1.77 bits per heavy atom. The summed E-state index contributed by atoms with van der Waals surface area (Å²) in [6, 6.07) is 11.8. The fourth-order valence-electron chi connectivity index (χ4n) is 3.41. The van der Waals surface area contributed by atoms with Gasteiger partial charge in [-0.25, -0.2) is 17.2 Å². The highest BCUT2D eigenvalue weighted by atomic mass is 127. The molecular formula is C21H27F2IN4O2S. The van der Waals surface area contributed by atoms with Crippen molar-refractivity contribution in [3.8, 4) is 0 Å². The van der Waals surface area contributed by atoms with Crippen LogP contribution in [0.15, 0.2) is 58.4 Å². The minimum absolute atomic E-state index is 0. The van der Waals surface area contributed by atoms with Crippen LogP contribution in [0.5, 0.6) is 0 Å². The summed E-state index contributed by atoms with van der Waals surface area (Å²) in [6.45, 7) is 1.65. The lowest BCUT2D eigenvalue weighted by atomic mass is 9.98. The Hall–Kier alpha value is -1.79. The van der Waals surface area contributed by atoms with E-state index in [-0.39, 0.29) is 42.0 Å². The normalized spacial score (nSPS) is 15.9. The third-order valence-electron chi connectivity index (χ3n) is 5.19. The quantitative estimate of drug-likeness (QED) is 0.321. The second-order valence-corrected chi connectivity index (χ2v) is 9.14. The van der Waals surface area contributed by atoms with Crippen LogP contribution in [0.4, 0.5) is 8.78 Å². The molecule has 0 saturated carbocycles. The molecule has 2 aromatic rings. The molecule has 0 radical (unpaired) electrons. The number of halogens is 3. The molecule has 31 heavy (non-hydrogen) atoms. The molecule has 1 fully saturated rings. The number of hydrogen-bond donors (Lipinski definition) is 2. The standard InChI is InChI=1S/C21H26F2N4O2S.HI/c1-24-21(26-15-17-13-18(22)7-8-20(17)23)25-14-16-9-11-27(12-10-16)30(28,29)19-5-3-2-4-6-19;/h2-8,13,16H,9-12,14-15H2,1H3,(H2,24,25,26);1H. The smallest absolute Gasteiger partial charge is 0.243 e. The fraction of sp³-hybridized carbons (Fsp3) is 0.381. The van der Waals surface area contributed by atoms with Gasteiger partial charge in [0.15, 0.2) is 5.96 Å². The number of benzene rings is 2. The molecule has 0 aromatic heterocycles. The van der Waals surface area contributed by atoms with E-state index in [0.717, 1.165) is 31.0 Å². The van der Waals surface area contributed by atoms with Gasteiger partial charge < -0.3 is 10.6 Å². The lowest BCUT2D eigenvalue weighted by Crippen LogP contribution is -2.44. The average Bonchev–Trinajstić information content (AvgIpc) is 2.77. The summed E-state index contributed by atoms with van der Waals surface area (Å²) in [5, 5.41) is 6.16. The van der Waals surface area contributed by atoms with Gasteiger partial charge in [-0.3, -0.25) is 4.99 Å². The number of sulfonamides is 1. The van der Waals surface area contributed by atoms with Gasteiger partial charge >= 0.3 is 0 Å². The third kappa shape index (κ3) is 6.84. The Kier molecular flexibility index (Phi) is 9.63. The molecular weight excluding hydrogens is 537 g/mol. The lowest BCUT2D eigenvalue weighted by Gasteiger charge is -2.31. The van der Waals surface area contributed by atoms with Crippen LogP contribution >= 0.6 is 24.0 Å². The van der Waals surface area contributed by atoms with Crippen LogP contribution in [0.3, 0.4) is 0 Å². The van der Waals surface area contributed by atoms with Crippen molar-refractivity contribution in [2.24, 2.45) is 10.9 Å². The van der Waals surface area contributed by atoms with Crippen molar-refractivity contribution >= 4 is 40.0 Å². The van der Waals surface area contributed by atoms with E-state index in [1.807, 2.05) is 0 Å². The van der Waals surface area contributed by atoms with Crippen LogP contribution in [0.25, 0.3) is 0 Å². The molecule has 2 aromatic carbocycles. The van der Waals surface area contributed by atoms with Gasteiger partial charge in [0.1, 0.15) is 11.6 Å². The second kappa shape index (κ2) is 11.7. The number of aliphatic imine (C=N–C) groups is 1. The van der Waals surface area contributed by atoms with E-state index in [0.29, 0.717) is 30.5 Å². The van der Waals surface area contributed by atoms with E-state index in [2.05, 4.69) is 15.6 Å². The average molecular weight is 564 g/mol. The van der Waals surface area contributed by atoms with Crippen molar-refractivity contribution in [1.82, 2.24) is 14.9 Å². The molecule has 1 heterocycles. The van der Waals surface area contributed by atoms with Crippen molar-refractivity contribution in [2.75, 3.05) is 26.7 Å². The number of hydrogen-bond acceptors (Lipinski definition) is 3. The topological polar surface area (TPSA) is 73.8 Å². The Labute approximate surface area is 199 Å². The van der Waals surface area contributed by atoms with Crippen LogP contribution in [0.1, 0.15) is 18.4 Å². The molecule has 2 N–H and O–H groups in total. The zero-order chi connectivity index (χ0) is 21.6. The Morgan fingerprint density at radius 3 is 2.42 bits per heavy atom. The predicted octanol–water partition coefficient (Wildman–Crippen LogP) is 3.35. The zero-order valence-corrected chi connectivity index (χ0v) is 20.4. The summed E-state index contributed by atoms with van der Waals surface area (Å²) >= 11 is 0. The van der Waals surface area contributed by atoms with Crippen molar-refractivity contribution in [3.63, 3.8) is 0 Å². The molecule has 6 nitrogen and oxygen atoms in total. The van der Waals surface area contributed by atoms with Crippen molar-refractivity contribution < 1.29 is 17.2 Å². The molecule has 0 aliphatic carbocycles. The van der Waals surface area contributed by atoms with Gasteiger partial charge in [-0.15, -0.1) is 24.0 Å². The summed E-state index contributed by atoms with van der Waals surface area (Å²) in [6.07, 6.45) is 1.46. The molecule has 0 spiro atoms. The maximum atomic E-state index is 13.7. The minimum Gasteiger partial charge on any atom is -0.356 e. The van der Waals surface area contributed by atoms with Crippen LogP contribution in [-0.2, 0) is 16.6 Å². The summed E-state index contributed by atoms with van der Waals surface area (Å²) in [7, 11) is -1.85. The monoisotopic (exact) mass is 564 g/mol. The molecule has 0 unspecified atom stereocenters. The maximum Gasteiger partial charge on any atom is 0.243 e. The van der Waals surface area contributed by atoms with Crippen molar-refractivity contribution in [1.29, 1.82) is 0 Å². The summed E-state index contributed by atoms with van der Waals surface area (Å²) < 4.78 is 53.9. The first-order valence-corrected chi connectivity index (χ1v) is 11.3. The number of nitrogens with zero attached hydrogens (tertiary/aromatic N) is 2. The second-order valence-electron chi connectivity index (χ2n) is 7.20. The highest BCUT2D eigenvalue weighted by Crippen LogP contribution is 2.23.